The van der Waals surface area contributed by atoms with Crippen molar-refractivity contribution in [2.24, 2.45) is 5.92 Å². The van der Waals surface area contributed by atoms with Gasteiger partial charge in [-0.25, -0.2) is 17.6 Å². The molecule has 0 radical (unpaired) electrons. The first kappa shape index (κ1) is 19.3. The van der Waals surface area contributed by atoms with E-state index in [4.69, 9.17) is 16.0 Å². The largest absolute Gasteiger partial charge is 0.454 e. The van der Waals surface area contributed by atoms with Gasteiger partial charge >= 0.3 is 0 Å². The fourth-order valence-corrected chi connectivity index (χ4v) is 2.36. The summed E-state index contributed by atoms with van der Waals surface area (Å²) < 4.78 is 57.7. The molecule has 0 aromatic carbocycles. The van der Waals surface area contributed by atoms with Gasteiger partial charge in [0.2, 0.25) is 0 Å². The number of halogens is 5. The minimum atomic E-state index is -3.09. The molecule has 2 heterocycles. The number of aromatic nitrogens is 2. The lowest BCUT2D eigenvalue weighted by Gasteiger charge is -2.06. The van der Waals surface area contributed by atoms with Crippen molar-refractivity contribution < 1.29 is 26.8 Å². The molecule has 1 amide bonds. The van der Waals surface area contributed by atoms with E-state index in [1.165, 1.54) is 12.1 Å². The van der Waals surface area contributed by atoms with E-state index in [1.54, 1.807) is 0 Å². The zero-order valence-corrected chi connectivity index (χ0v) is 14.2. The third-order valence-electron chi connectivity index (χ3n) is 3.23. The first-order chi connectivity index (χ1) is 11.7. The highest BCUT2D eigenvalue weighted by atomic mass is 35.5. The van der Waals surface area contributed by atoms with Gasteiger partial charge in [-0.3, -0.25) is 9.48 Å². The SMILES string of the molecule is CC(C)CNC(=O)c1ccc(Cn2nc(C(F)F)c(Cl)c2C(F)F)o1. The van der Waals surface area contributed by atoms with Crippen LogP contribution in [0.5, 0.6) is 0 Å². The molecule has 5 nitrogen and oxygen atoms in total. The Morgan fingerprint density at radius 2 is 1.96 bits per heavy atom. The number of rotatable bonds is 7. The Bertz CT molecular complexity index is 743. The average Bonchev–Trinajstić information content (AvgIpc) is 3.09. The predicted octanol–water partition coefficient (Wildman–Crippen LogP) is 4.44. The molecule has 1 N–H and O–H groups in total. The van der Waals surface area contributed by atoms with Gasteiger partial charge in [-0.15, -0.1) is 0 Å². The molecule has 0 fully saturated rings. The normalized spacial score (nSPS) is 11.8. The molecule has 25 heavy (non-hydrogen) atoms. The lowest BCUT2D eigenvalue weighted by Crippen LogP contribution is -2.26. The number of carbonyl (C=O) groups is 1. The standard InChI is InChI=1S/C15H16ClF4N3O2/c1-7(2)5-21-15(24)9-4-3-8(25-9)6-23-12(14(19)20)10(16)11(22-23)13(17)18/h3-4,7,13-14H,5-6H2,1-2H3,(H,21,24). The minimum absolute atomic E-state index is 0.0124. The average molecular weight is 382 g/mol. The van der Waals surface area contributed by atoms with Gasteiger partial charge in [0, 0.05) is 6.54 Å². The van der Waals surface area contributed by atoms with Gasteiger partial charge in [-0.1, -0.05) is 25.4 Å². The molecule has 0 bridgehead atoms. The number of hydrogen-bond acceptors (Lipinski definition) is 3. The van der Waals surface area contributed by atoms with Crippen LogP contribution in [0.1, 0.15) is 54.4 Å². The maximum absolute atomic E-state index is 13.1. The van der Waals surface area contributed by atoms with Crippen LogP contribution >= 0.6 is 11.6 Å². The lowest BCUT2D eigenvalue weighted by molar-refractivity contribution is 0.0918. The second-order valence-electron chi connectivity index (χ2n) is 5.71. The van der Waals surface area contributed by atoms with Crippen LogP contribution in [0.4, 0.5) is 17.6 Å². The van der Waals surface area contributed by atoms with Crippen molar-refractivity contribution in [2.75, 3.05) is 6.54 Å². The Labute approximate surface area is 145 Å². The van der Waals surface area contributed by atoms with E-state index in [2.05, 4.69) is 10.4 Å². The second kappa shape index (κ2) is 7.90. The number of amides is 1. The number of nitrogens with one attached hydrogen (secondary N) is 1. The van der Waals surface area contributed by atoms with Crippen LogP contribution in [-0.2, 0) is 6.54 Å². The number of nitrogens with zero attached hydrogens (tertiary/aromatic N) is 2. The molecule has 0 saturated carbocycles. The maximum Gasteiger partial charge on any atom is 0.287 e. The van der Waals surface area contributed by atoms with Crippen LogP contribution in [0, 0.1) is 5.92 Å². The number of furan rings is 1. The van der Waals surface area contributed by atoms with E-state index in [1.807, 2.05) is 13.8 Å². The van der Waals surface area contributed by atoms with Crippen molar-refractivity contribution in [1.82, 2.24) is 15.1 Å². The van der Waals surface area contributed by atoms with E-state index in [9.17, 15) is 22.4 Å². The molecule has 10 heteroatoms. The van der Waals surface area contributed by atoms with E-state index in [0.717, 1.165) is 0 Å². The van der Waals surface area contributed by atoms with E-state index >= 15 is 0 Å². The Balaban J connectivity index is 2.20. The van der Waals surface area contributed by atoms with Crippen LogP contribution in [0.25, 0.3) is 0 Å². The Hall–Kier alpha value is -2.03. The molecule has 0 spiro atoms. The minimum Gasteiger partial charge on any atom is -0.454 e. The molecule has 2 rings (SSSR count). The van der Waals surface area contributed by atoms with Crippen LogP contribution in [0.3, 0.4) is 0 Å². The van der Waals surface area contributed by atoms with Gasteiger partial charge in [-0.2, -0.15) is 5.10 Å². The van der Waals surface area contributed by atoms with Crippen molar-refractivity contribution in [2.45, 2.75) is 33.2 Å². The van der Waals surface area contributed by atoms with Gasteiger partial charge in [0.25, 0.3) is 18.8 Å². The van der Waals surface area contributed by atoms with Crippen molar-refractivity contribution in [3.8, 4) is 0 Å². The Kier molecular flexibility index (Phi) is 6.10. The first-order valence-electron chi connectivity index (χ1n) is 7.40. The highest BCUT2D eigenvalue weighted by molar-refractivity contribution is 6.32. The third kappa shape index (κ3) is 4.53. The highest BCUT2D eigenvalue weighted by Crippen LogP contribution is 2.34. The van der Waals surface area contributed by atoms with E-state index in [-0.39, 0.29) is 24.0 Å². The molecule has 0 atom stereocenters. The summed E-state index contributed by atoms with van der Waals surface area (Å²) in [5.74, 6) is -0.120. The summed E-state index contributed by atoms with van der Waals surface area (Å²) in [6.07, 6.45) is -6.17. The summed E-state index contributed by atoms with van der Waals surface area (Å²) in [5.41, 5.74) is -1.74. The molecule has 0 aliphatic rings. The fraction of sp³-hybridized carbons (Fsp3) is 0.467. The Morgan fingerprint density at radius 3 is 2.52 bits per heavy atom. The molecule has 0 aliphatic heterocycles. The van der Waals surface area contributed by atoms with Crippen LogP contribution in [-0.4, -0.2) is 22.2 Å². The molecule has 138 valence electrons. The van der Waals surface area contributed by atoms with E-state index < -0.39 is 35.2 Å². The monoisotopic (exact) mass is 381 g/mol. The Morgan fingerprint density at radius 1 is 1.28 bits per heavy atom. The van der Waals surface area contributed by atoms with Crippen molar-refractivity contribution in [3.63, 3.8) is 0 Å². The summed E-state index contributed by atoms with van der Waals surface area (Å²) in [4.78, 5) is 11.9. The van der Waals surface area contributed by atoms with Gasteiger partial charge in [-0.05, 0) is 18.1 Å². The van der Waals surface area contributed by atoms with Crippen molar-refractivity contribution >= 4 is 17.5 Å². The maximum atomic E-state index is 13.1. The number of carbonyl (C=O) groups excluding carboxylic acids is 1. The van der Waals surface area contributed by atoms with Gasteiger partial charge in [0.05, 0.1) is 11.6 Å². The summed E-state index contributed by atoms with van der Waals surface area (Å²) in [5, 5.41) is 5.30. The van der Waals surface area contributed by atoms with Crippen molar-refractivity contribution in [1.29, 1.82) is 0 Å². The summed E-state index contributed by atoms with van der Waals surface area (Å²) in [7, 11) is 0. The molecule has 2 aromatic heterocycles. The fourth-order valence-electron chi connectivity index (χ4n) is 2.06. The third-order valence-corrected chi connectivity index (χ3v) is 3.62. The molecule has 2 aromatic rings. The van der Waals surface area contributed by atoms with Gasteiger partial charge < -0.3 is 9.73 Å². The highest BCUT2D eigenvalue weighted by Gasteiger charge is 2.28. The quantitative estimate of drug-likeness (QED) is 0.721. The van der Waals surface area contributed by atoms with E-state index in [0.29, 0.717) is 11.2 Å². The van der Waals surface area contributed by atoms with Crippen LogP contribution in [0.2, 0.25) is 5.02 Å². The molecular formula is C15H16ClF4N3O2. The van der Waals surface area contributed by atoms with Gasteiger partial charge in [0.15, 0.2) is 5.76 Å². The molecule has 0 unspecified atom stereocenters. The molecular weight excluding hydrogens is 366 g/mol. The lowest BCUT2D eigenvalue weighted by atomic mass is 10.2. The smallest absolute Gasteiger partial charge is 0.287 e. The first-order valence-corrected chi connectivity index (χ1v) is 7.77. The number of hydrogen-bond donors (Lipinski definition) is 1. The predicted molar refractivity (Wildman–Crippen MR) is 82.1 cm³/mol. The molecule has 0 aliphatic carbocycles. The summed E-state index contributed by atoms with van der Waals surface area (Å²) in [6.45, 7) is 3.92. The topological polar surface area (TPSA) is 60.1 Å². The summed E-state index contributed by atoms with van der Waals surface area (Å²) in [6, 6.07) is 2.75. The second-order valence-corrected chi connectivity index (χ2v) is 6.09. The zero-order chi connectivity index (χ0) is 18.7. The summed E-state index contributed by atoms with van der Waals surface area (Å²) >= 11 is 5.57. The number of alkyl halides is 4. The van der Waals surface area contributed by atoms with Crippen molar-refractivity contribution in [3.05, 3.63) is 40.1 Å². The zero-order valence-electron chi connectivity index (χ0n) is 13.4. The van der Waals surface area contributed by atoms with Gasteiger partial charge in [0.1, 0.15) is 17.1 Å². The van der Waals surface area contributed by atoms with Crippen LogP contribution in [0.15, 0.2) is 16.5 Å². The molecule has 0 saturated heterocycles. The van der Waals surface area contributed by atoms with Crippen LogP contribution < -0.4 is 5.32 Å².